The van der Waals surface area contributed by atoms with Crippen molar-refractivity contribution < 1.29 is 9.59 Å². The van der Waals surface area contributed by atoms with Crippen LogP contribution in [0, 0.1) is 0 Å². The van der Waals surface area contributed by atoms with Gasteiger partial charge in [-0.05, 0) is 52.2 Å². The molecule has 0 aliphatic carbocycles. The van der Waals surface area contributed by atoms with Gasteiger partial charge in [0.2, 0.25) is 5.91 Å². The highest BCUT2D eigenvalue weighted by Crippen LogP contribution is 2.25. The van der Waals surface area contributed by atoms with Crippen LogP contribution in [0.25, 0.3) is 0 Å². The second-order valence-corrected chi connectivity index (χ2v) is 8.57. The fourth-order valence-corrected chi connectivity index (χ4v) is 4.37. The van der Waals surface area contributed by atoms with Gasteiger partial charge in [-0.2, -0.15) is 0 Å². The first-order valence-corrected chi connectivity index (χ1v) is 10.8. The van der Waals surface area contributed by atoms with Crippen LogP contribution in [-0.4, -0.2) is 53.8 Å². The van der Waals surface area contributed by atoms with Crippen molar-refractivity contribution in [2.24, 2.45) is 0 Å². The van der Waals surface area contributed by atoms with Crippen LogP contribution in [0.15, 0.2) is 53.0 Å². The summed E-state index contributed by atoms with van der Waals surface area (Å²) in [4.78, 5) is 29.3. The zero-order valence-electron chi connectivity index (χ0n) is 15.8. The Balaban J connectivity index is 1.32. The molecule has 2 N–H and O–H groups in total. The number of rotatable bonds is 3. The molecule has 2 heterocycles. The lowest BCUT2D eigenvalue weighted by molar-refractivity contribution is -0.134. The van der Waals surface area contributed by atoms with Crippen molar-refractivity contribution in [3.8, 4) is 0 Å². The SMILES string of the molecule is O=C(c1ccccc1Br)N1CCN(C(=O)C2CC(c3ccc(Cl)cc3)NN2)CC1. The summed E-state index contributed by atoms with van der Waals surface area (Å²) in [6.07, 6.45) is 0.677. The number of piperazine rings is 1. The van der Waals surface area contributed by atoms with Crippen LogP contribution in [0.5, 0.6) is 0 Å². The van der Waals surface area contributed by atoms with E-state index in [1.54, 1.807) is 4.90 Å². The van der Waals surface area contributed by atoms with Crippen LogP contribution in [0.3, 0.4) is 0 Å². The first-order chi connectivity index (χ1) is 14.0. The fourth-order valence-electron chi connectivity index (χ4n) is 3.79. The van der Waals surface area contributed by atoms with Gasteiger partial charge in [0.15, 0.2) is 0 Å². The number of hydrogen-bond donors (Lipinski definition) is 2. The number of nitrogens with zero attached hydrogens (tertiary/aromatic N) is 2. The lowest BCUT2D eigenvalue weighted by Crippen LogP contribution is -2.54. The Labute approximate surface area is 183 Å². The Bertz CT molecular complexity index is 900. The number of carbonyl (C=O) groups is 2. The minimum atomic E-state index is -0.277. The number of carbonyl (C=O) groups excluding carboxylic acids is 2. The van der Waals surface area contributed by atoms with E-state index in [1.165, 1.54) is 0 Å². The fraction of sp³-hybridized carbons (Fsp3) is 0.333. The van der Waals surface area contributed by atoms with Gasteiger partial charge in [-0.15, -0.1) is 0 Å². The van der Waals surface area contributed by atoms with Gasteiger partial charge in [-0.25, -0.2) is 10.9 Å². The zero-order valence-corrected chi connectivity index (χ0v) is 18.1. The third-order valence-corrected chi connectivity index (χ3v) is 6.40. The molecule has 6 nitrogen and oxygen atoms in total. The molecule has 8 heteroatoms. The maximum Gasteiger partial charge on any atom is 0.255 e. The molecular weight excluding hydrogens is 456 g/mol. The lowest BCUT2D eigenvalue weighted by atomic mass is 10.0. The van der Waals surface area contributed by atoms with Gasteiger partial charge >= 0.3 is 0 Å². The third kappa shape index (κ3) is 4.48. The van der Waals surface area contributed by atoms with E-state index >= 15 is 0 Å². The van der Waals surface area contributed by atoms with Gasteiger partial charge in [0.1, 0.15) is 6.04 Å². The van der Waals surface area contributed by atoms with E-state index < -0.39 is 0 Å². The van der Waals surface area contributed by atoms with E-state index in [0.29, 0.717) is 43.2 Å². The topological polar surface area (TPSA) is 64.7 Å². The average molecular weight is 478 g/mol. The van der Waals surface area contributed by atoms with E-state index in [-0.39, 0.29) is 23.9 Å². The van der Waals surface area contributed by atoms with Crippen molar-refractivity contribution in [3.05, 3.63) is 69.2 Å². The van der Waals surface area contributed by atoms with Gasteiger partial charge in [-0.1, -0.05) is 35.9 Å². The summed E-state index contributed by atoms with van der Waals surface area (Å²) in [5.41, 5.74) is 8.08. The number of nitrogens with one attached hydrogen (secondary N) is 2. The van der Waals surface area contributed by atoms with Gasteiger partial charge in [0.25, 0.3) is 5.91 Å². The summed E-state index contributed by atoms with van der Waals surface area (Å²) in [5, 5.41) is 0.697. The quantitative estimate of drug-likeness (QED) is 0.713. The minimum Gasteiger partial charge on any atom is -0.338 e. The van der Waals surface area contributed by atoms with E-state index in [2.05, 4.69) is 26.8 Å². The van der Waals surface area contributed by atoms with Gasteiger partial charge in [-0.3, -0.25) is 9.59 Å². The minimum absolute atomic E-state index is 0.00645. The van der Waals surface area contributed by atoms with Crippen molar-refractivity contribution in [2.75, 3.05) is 26.2 Å². The summed E-state index contributed by atoms with van der Waals surface area (Å²) >= 11 is 9.39. The van der Waals surface area contributed by atoms with Crippen molar-refractivity contribution in [1.82, 2.24) is 20.7 Å². The molecule has 2 atom stereocenters. The Morgan fingerprint density at radius 3 is 2.28 bits per heavy atom. The Morgan fingerprint density at radius 1 is 0.931 bits per heavy atom. The Kier molecular flexibility index (Phi) is 6.20. The monoisotopic (exact) mass is 476 g/mol. The van der Waals surface area contributed by atoms with E-state index in [9.17, 15) is 9.59 Å². The van der Waals surface area contributed by atoms with Crippen molar-refractivity contribution in [1.29, 1.82) is 0 Å². The number of amides is 2. The first kappa shape index (κ1) is 20.3. The zero-order chi connectivity index (χ0) is 20.4. The molecular formula is C21H22BrClN4O2. The molecule has 0 spiro atoms. The second-order valence-electron chi connectivity index (χ2n) is 7.28. The van der Waals surface area contributed by atoms with E-state index in [1.807, 2.05) is 53.4 Å². The highest BCUT2D eigenvalue weighted by molar-refractivity contribution is 9.10. The highest BCUT2D eigenvalue weighted by Gasteiger charge is 2.34. The van der Waals surface area contributed by atoms with Gasteiger partial charge in [0, 0.05) is 41.7 Å². The molecule has 2 aliphatic heterocycles. The van der Waals surface area contributed by atoms with Crippen LogP contribution >= 0.6 is 27.5 Å². The van der Waals surface area contributed by atoms with Crippen LogP contribution in [0.2, 0.25) is 5.02 Å². The van der Waals surface area contributed by atoms with Crippen LogP contribution in [0.1, 0.15) is 28.4 Å². The summed E-state index contributed by atoms with van der Waals surface area (Å²) in [5.74, 6) is 0.0648. The molecule has 29 heavy (non-hydrogen) atoms. The molecule has 0 aromatic heterocycles. The van der Waals surface area contributed by atoms with E-state index in [4.69, 9.17) is 11.6 Å². The van der Waals surface area contributed by atoms with Gasteiger partial charge in [0.05, 0.1) is 5.56 Å². The predicted molar refractivity (Wildman–Crippen MR) is 115 cm³/mol. The molecule has 152 valence electrons. The highest BCUT2D eigenvalue weighted by atomic mass is 79.9. The summed E-state index contributed by atoms with van der Waals surface area (Å²) in [6, 6.07) is 14.9. The first-order valence-electron chi connectivity index (χ1n) is 9.62. The number of benzene rings is 2. The standard InChI is InChI=1S/C21H22BrClN4O2/c22-17-4-2-1-3-16(17)20(28)26-9-11-27(12-10-26)21(29)19-13-18(24-25-19)14-5-7-15(23)8-6-14/h1-8,18-19,24-25H,9-13H2. The van der Waals surface area contributed by atoms with E-state index in [0.717, 1.165) is 10.0 Å². The molecule has 2 saturated heterocycles. The molecule has 4 rings (SSSR count). The Morgan fingerprint density at radius 2 is 1.59 bits per heavy atom. The van der Waals surface area contributed by atoms with Crippen molar-refractivity contribution in [2.45, 2.75) is 18.5 Å². The van der Waals surface area contributed by atoms with Crippen LogP contribution in [0.4, 0.5) is 0 Å². The summed E-state index contributed by atoms with van der Waals surface area (Å²) < 4.78 is 0.790. The molecule has 0 bridgehead atoms. The van der Waals surface area contributed by atoms with Crippen molar-refractivity contribution in [3.63, 3.8) is 0 Å². The normalized spacial score (nSPS) is 22.0. The molecule has 2 unspecified atom stereocenters. The number of halogens is 2. The molecule has 0 saturated carbocycles. The number of hydrazine groups is 1. The Hall–Kier alpha value is -1.93. The lowest BCUT2D eigenvalue weighted by Gasteiger charge is -2.36. The predicted octanol–water partition coefficient (Wildman–Crippen LogP) is 2.99. The smallest absolute Gasteiger partial charge is 0.255 e. The number of hydrogen-bond acceptors (Lipinski definition) is 4. The maximum atomic E-state index is 12.9. The largest absolute Gasteiger partial charge is 0.338 e. The molecule has 2 amide bonds. The van der Waals surface area contributed by atoms with Gasteiger partial charge < -0.3 is 9.80 Å². The second kappa shape index (κ2) is 8.83. The average Bonchev–Trinajstić information content (AvgIpc) is 3.24. The van der Waals surface area contributed by atoms with Crippen LogP contribution < -0.4 is 10.9 Å². The van der Waals surface area contributed by atoms with Crippen molar-refractivity contribution >= 4 is 39.3 Å². The summed E-state index contributed by atoms with van der Waals surface area (Å²) in [7, 11) is 0. The molecule has 0 radical (unpaired) electrons. The summed E-state index contributed by atoms with van der Waals surface area (Å²) in [6.45, 7) is 2.15. The third-order valence-electron chi connectivity index (χ3n) is 5.46. The maximum absolute atomic E-state index is 12.9. The molecule has 2 aliphatic rings. The molecule has 2 aromatic rings. The molecule has 2 fully saturated rings. The molecule has 2 aromatic carbocycles. The van der Waals surface area contributed by atoms with Crippen LogP contribution in [-0.2, 0) is 4.79 Å².